The SMILES string of the molecule is CC(C)(C)OC(=O)N1CCN(c2nc(Cl)nc3nc4c(F)c(Cl)ncc4cc23)CC1. The lowest BCUT2D eigenvalue weighted by molar-refractivity contribution is 0.0240. The Morgan fingerprint density at radius 3 is 2.50 bits per heavy atom. The van der Waals surface area contributed by atoms with Crippen LogP contribution in [0.2, 0.25) is 10.4 Å². The van der Waals surface area contributed by atoms with Gasteiger partial charge in [0, 0.05) is 37.8 Å². The average molecular weight is 453 g/mol. The van der Waals surface area contributed by atoms with Crippen LogP contribution in [0.25, 0.3) is 21.9 Å². The van der Waals surface area contributed by atoms with Crippen molar-refractivity contribution in [1.82, 2.24) is 24.8 Å². The summed E-state index contributed by atoms with van der Waals surface area (Å²) in [5.41, 5.74) is -0.227. The number of amides is 1. The smallest absolute Gasteiger partial charge is 0.410 e. The number of aromatic nitrogens is 4. The van der Waals surface area contributed by atoms with Crippen molar-refractivity contribution < 1.29 is 13.9 Å². The Morgan fingerprint density at radius 2 is 1.83 bits per heavy atom. The molecule has 4 heterocycles. The van der Waals surface area contributed by atoms with Crippen LogP contribution in [-0.2, 0) is 4.74 Å². The predicted octanol–water partition coefficient (Wildman–Crippen LogP) is 4.08. The number of fused-ring (bicyclic) bond motifs is 2. The second kappa shape index (κ2) is 7.63. The van der Waals surface area contributed by atoms with Crippen LogP contribution in [-0.4, -0.2) is 62.7 Å². The summed E-state index contributed by atoms with van der Waals surface area (Å²) in [6.45, 7) is 7.46. The molecule has 0 atom stereocenters. The number of anilines is 1. The molecule has 0 radical (unpaired) electrons. The van der Waals surface area contributed by atoms with Crippen LogP contribution in [0.15, 0.2) is 12.3 Å². The first-order valence-electron chi connectivity index (χ1n) is 9.33. The molecule has 4 rings (SSSR count). The molecule has 30 heavy (non-hydrogen) atoms. The second-order valence-electron chi connectivity index (χ2n) is 7.93. The summed E-state index contributed by atoms with van der Waals surface area (Å²) in [5.74, 6) is -0.142. The van der Waals surface area contributed by atoms with Gasteiger partial charge in [0.1, 0.15) is 16.9 Å². The molecule has 1 saturated heterocycles. The lowest BCUT2D eigenvalue weighted by Crippen LogP contribution is -2.50. The maximum absolute atomic E-state index is 14.3. The van der Waals surface area contributed by atoms with Crippen LogP contribution in [0, 0.1) is 5.82 Å². The maximum Gasteiger partial charge on any atom is 0.410 e. The topological polar surface area (TPSA) is 84.3 Å². The molecule has 1 aliphatic heterocycles. The molecule has 1 aliphatic rings. The second-order valence-corrected chi connectivity index (χ2v) is 8.63. The summed E-state index contributed by atoms with van der Waals surface area (Å²) in [5, 5.41) is 0.831. The van der Waals surface area contributed by atoms with Gasteiger partial charge in [-0.1, -0.05) is 11.6 Å². The molecular weight excluding hydrogens is 434 g/mol. The van der Waals surface area contributed by atoms with Crippen molar-refractivity contribution >= 4 is 57.0 Å². The predicted molar refractivity (Wildman–Crippen MR) is 113 cm³/mol. The fraction of sp³-hybridized carbons (Fsp3) is 0.421. The van der Waals surface area contributed by atoms with E-state index in [2.05, 4.69) is 19.9 Å². The van der Waals surface area contributed by atoms with Gasteiger partial charge in [0.15, 0.2) is 16.6 Å². The van der Waals surface area contributed by atoms with Gasteiger partial charge in [0.25, 0.3) is 0 Å². The normalized spacial score (nSPS) is 15.1. The van der Waals surface area contributed by atoms with E-state index in [-0.39, 0.29) is 27.7 Å². The minimum atomic E-state index is -0.710. The number of carbonyl (C=O) groups excluding carboxylic acids is 1. The molecule has 158 valence electrons. The quantitative estimate of drug-likeness (QED) is 0.312. The van der Waals surface area contributed by atoms with Gasteiger partial charge in [-0.25, -0.2) is 19.2 Å². The van der Waals surface area contributed by atoms with Gasteiger partial charge in [-0.15, -0.1) is 0 Å². The number of nitrogens with zero attached hydrogens (tertiary/aromatic N) is 6. The van der Waals surface area contributed by atoms with E-state index in [0.29, 0.717) is 42.8 Å². The molecule has 8 nitrogen and oxygen atoms in total. The summed E-state index contributed by atoms with van der Waals surface area (Å²) in [6, 6.07) is 1.72. The number of ether oxygens (including phenoxy) is 1. The summed E-state index contributed by atoms with van der Waals surface area (Å²) in [7, 11) is 0. The molecule has 3 aromatic heterocycles. The number of hydrogen-bond acceptors (Lipinski definition) is 7. The molecule has 0 aliphatic carbocycles. The van der Waals surface area contributed by atoms with Crippen LogP contribution in [0.4, 0.5) is 15.0 Å². The van der Waals surface area contributed by atoms with Crippen molar-refractivity contribution in [3.8, 4) is 0 Å². The summed E-state index contributed by atoms with van der Waals surface area (Å²) >= 11 is 11.9. The van der Waals surface area contributed by atoms with Crippen LogP contribution < -0.4 is 4.90 Å². The first-order chi connectivity index (χ1) is 14.1. The molecule has 0 N–H and O–H groups in total. The third-order valence-electron chi connectivity index (χ3n) is 4.61. The zero-order valence-corrected chi connectivity index (χ0v) is 18.1. The molecule has 0 saturated carbocycles. The van der Waals surface area contributed by atoms with E-state index in [1.54, 1.807) is 11.0 Å². The van der Waals surface area contributed by atoms with Crippen molar-refractivity contribution in [2.75, 3.05) is 31.1 Å². The Morgan fingerprint density at radius 1 is 1.13 bits per heavy atom. The molecule has 0 bridgehead atoms. The third-order valence-corrected chi connectivity index (χ3v) is 5.04. The van der Waals surface area contributed by atoms with Gasteiger partial charge in [0.05, 0.1) is 5.39 Å². The number of halogens is 3. The molecule has 3 aromatic rings. The van der Waals surface area contributed by atoms with E-state index in [1.165, 1.54) is 6.20 Å². The average Bonchev–Trinajstić information content (AvgIpc) is 2.68. The highest BCUT2D eigenvalue weighted by molar-refractivity contribution is 6.30. The van der Waals surface area contributed by atoms with E-state index in [0.717, 1.165) is 0 Å². The van der Waals surface area contributed by atoms with Gasteiger partial charge in [-0.2, -0.15) is 9.97 Å². The van der Waals surface area contributed by atoms with E-state index in [9.17, 15) is 9.18 Å². The summed E-state index contributed by atoms with van der Waals surface area (Å²) < 4.78 is 19.8. The monoisotopic (exact) mass is 452 g/mol. The first-order valence-corrected chi connectivity index (χ1v) is 10.1. The van der Waals surface area contributed by atoms with Gasteiger partial charge < -0.3 is 14.5 Å². The Balaban J connectivity index is 1.66. The van der Waals surface area contributed by atoms with E-state index < -0.39 is 11.4 Å². The third kappa shape index (κ3) is 4.04. The van der Waals surface area contributed by atoms with Crippen LogP contribution >= 0.6 is 23.2 Å². The number of pyridine rings is 2. The van der Waals surface area contributed by atoms with Crippen LogP contribution in [0.3, 0.4) is 0 Å². The van der Waals surface area contributed by atoms with Gasteiger partial charge >= 0.3 is 6.09 Å². The zero-order chi connectivity index (χ0) is 21.6. The Kier molecular flexibility index (Phi) is 5.27. The molecule has 0 unspecified atom stereocenters. The minimum absolute atomic E-state index is 0.000479. The van der Waals surface area contributed by atoms with Crippen molar-refractivity contribution in [2.24, 2.45) is 0 Å². The van der Waals surface area contributed by atoms with E-state index in [1.807, 2.05) is 25.7 Å². The first kappa shape index (κ1) is 20.7. The Bertz CT molecular complexity index is 1150. The Hall–Kier alpha value is -2.52. The maximum atomic E-state index is 14.3. The van der Waals surface area contributed by atoms with Gasteiger partial charge in [-0.05, 0) is 38.4 Å². The molecular formula is C19H19Cl2FN6O2. The largest absolute Gasteiger partial charge is 0.444 e. The van der Waals surface area contributed by atoms with Crippen molar-refractivity contribution in [3.63, 3.8) is 0 Å². The van der Waals surface area contributed by atoms with Gasteiger partial charge in [0.2, 0.25) is 5.28 Å². The van der Waals surface area contributed by atoms with E-state index in [4.69, 9.17) is 27.9 Å². The highest BCUT2D eigenvalue weighted by Gasteiger charge is 2.27. The molecule has 1 amide bonds. The number of carbonyl (C=O) groups is 1. The number of rotatable bonds is 1. The fourth-order valence-corrected chi connectivity index (χ4v) is 3.55. The van der Waals surface area contributed by atoms with Crippen molar-refractivity contribution in [2.45, 2.75) is 26.4 Å². The van der Waals surface area contributed by atoms with Crippen LogP contribution in [0.5, 0.6) is 0 Å². The standard InChI is InChI=1S/C19H19Cl2FN6O2/c1-19(2,3)30-18(29)28-6-4-27(5-7-28)16-11-8-10-9-23-14(20)12(22)13(10)24-15(11)25-17(21)26-16/h8-9H,4-7H2,1-3H3. The summed E-state index contributed by atoms with van der Waals surface area (Å²) in [6.07, 6.45) is 1.10. The molecule has 0 aromatic carbocycles. The van der Waals surface area contributed by atoms with Crippen LogP contribution in [0.1, 0.15) is 20.8 Å². The fourth-order valence-electron chi connectivity index (χ4n) is 3.25. The summed E-state index contributed by atoms with van der Waals surface area (Å²) in [4.78, 5) is 32.6. The number of hydrogen-bond donors (Lipinski definition) is 0. The molecule has 11 heteroatoms. The Labute approximate surface area is 182 Å². The zero-order valence-electron chi connectivity index (χ0n) is 16.6. The van der Waals surface area contributed by atoms with E-state index >= 15 is 0 Å². The number of piperazine rings is 1. The minimum Gasteiger partial charge on any atom is -0.444 e. The van der Waals surface area contributed by atoms with Crippen molar-refractivity contribution in [1.29, 1.82) is 0 Å². The lowest BCUT2D eigenvalue weighted by atomic mass is 10.2. The van der Waals surface area contributed by atoms with Gasteiger partial charge in [-0.3, -0.25) is 0 Å². The molecule has 0 spiro atoms. The highest BCUT2D eigenvalue weighted by atomic mass is 35.5. The van der Waals surface area contributed by atoms with Crippen molar-refractivity contribution in [3.05, 3.63) is 28.5 Å². The highest BCUT2D eigenvalue weighted by Crippen LogP contribution is 2.30. The lowest BCUT2D eigenvalue weighted by Gasteiger charge is -2.36. The molecule has 1 fully saturated rings.